The first-order chi connectivity index (χ1) is 6.93. The van der Waals surface area contributed by atoms with Crippen LogP contribution in [0.1, 0.15) is 53.4 Å². The Labute approximate surface area is 93.9 Å². The van der Waals surface area contributed by atoms with E-state index in [1.165, 1.54) is 11.1 Å². The molecule has 1 N–H and O–H groups in total. The first kappa shape index (κ1) is 12.5. The van der Waals surface area contributed by atoms with Gasteiger partial charge in [0.25, 0.3) is 0 Å². The molecule has 0 bridgehead atoms. The minimum Gasteiger partial charge on any atom is -0.386 e. The summed E-state index contributed by atoms with van der Waals surface area (Å²) >= 11 is 0. The van der Waals surface area contributed by atoms with Gasteiger partial charge in [-0.3, -0.25) is 0 Å². The molecule has 0 saturated carbocycles. The molecule has 2 atom stereocenters. The molecule has 0 amide bonds. The molecule has 0 heterocycles. The van der Waals surface area contributed by atoms with Crippen LogP contribution in [0.25, 0.3) is 0 Å². The van der Waals surface area contributed by atoms with Gasteiger partial charge in [0.15, 0.2) is 0 Å². The molecule has 2 unspecified atom stereocenters. The lowest BCUT2D eigenvalue weighted by atomic mass is 9.82. The van der Waals surface area contributed by atoms with E-state index in [1.54, 1.807) is 0 Å². The van der Waals surface area contributed by atoms with Crippen LogP contribution in [0, 0.1) is 5.92 Å². The molecule has 0 aromatic heterocycles. The van der Waals surface area contributed by atoms with Gasteiger partial charge in [0.1, 0.15) is 0 Å². The maximum atomic E-state index is 10.3. The zero-order valence-corrected chi connectivity index (χ0v) is 10.5. The van der Waals surface area contributed by atoms with Crippen molar-refractivity contribution in [2.75, 3.05) is 0 Å². The van der Waals surface area contributed by atoms with E-state index in [0.29, 0.717) is 5.92 Å². The Morgan fingerprint density at radius 1 is 1.40 bits per heavy atom. The lowest BCUT2D eigenvalue weighted by Crippen LogP contribution is -2.29. The molecule has 1 rings (SSSR count). The Hall–Kier alpha value is -0.560. The molecule has 1 aliphatic carbocycles. The van der Waals surface area contributed by atoms with Crippen molar-refractivity contribution in [1.82, 2.24) is 0 Å². The van der Waals surface area contributed by atoms with Gasteiger partial charge in [0, 0.05) is 0 Å². The highest BCUT2D eigenvalue weighted by Crippen LogP contribution is 2.30. The van der Waals surface area contributed by atoms with Crippen LogP contribution in [0.5, 0.6) is 0 Å². The van der Waals surface area contributed by atoms with E-state index in [1.807, 2.05) is 6.08 Å². The van der Waals surface area contributed by atoms with Crippen LogP contribution in [0.4, 0.5) is 0 Å². The van der Waals surface area contributed by atoms with E-state index in [-0.39, 0.29) is 0 Å². The SMILES string of the molecule is CC(C)=C(C)CCC1(O)C=CC(C)CC1. The minimum absolute atomic E-state index is 0.538. The summed E-state index contributed by atoms with van der Waals surface area (Å²) in [5, 5.41) is 10.3. The predicted molar refractivity (Wildman–Crippen MR) is 65.8 cm³/mol. The van der Waals surface area contributed by atoms with Gasteiger partial charge in [-0.2, -0.15) is 0 Å². The molecular weight excluding hydrogens is 184 g/mol. The van der Waals surface area contributed by atoms with E-state index < -0.39 is 5.60 Å². The third-order valence-electron chi connectivity index (χ3n) is 3.55. The topological polar surface area (TPSA) is 20.2 Å². The van der Waals surface area contributed by atoms with Gasteiger partial charge in [-0.25, -0.2) is 0 Å². The molecule has 0 aliphatic heterocycles. The monoisotopic (exact) mass is 208 g/mol. The summed E-state index contributed by atoms with van der Waals surface area (Å²) in [6, 6.07) is 0. The van der Waals surface area contributed by atoms with Gasteiger partial charge in [-0.15, -0.1) is 0 Å². The molecule has 0 aromatic carbocycles. The van der Waals surface area contributed by atoms with Gasteiger partial charge < -0.3 is 5.11 Å². The summed E-state index contributed by atoms with van der Waals surface area (Å²) in [5.74, 6) is 0.634. The Kier molecular flexibility index (Phi) is 4.15. The maximum Gasteiger partial charge on any atom is 0.0831 e. The third kappa shape index (κ3) is 3.83. The molecule has 0 fully saturated rings. The lowest BCUT2D eigenvalue weighted by molar-refractivity contribution is 0.0610. The fourth-order valence-corrected chi connectivity index (χ4v) is 1.86. The second-order valence-electron chi connectivity index (χ2n) is 5.26. The third-order valence-corrected chi connectivity index (χ3v) is 3.55. The van der Waals surface area contributed by atoms with Gasteiger partial charge >= 0.3 is 0 Å². The number of rotatable bonds is 3. The highest BCUT2D eigenvalue weighted by Gasteiger charge is 2.26. The quantitative estimate of drug-likeness (QED) is 0.699. The summed E-state index contributed by atoms with van der Waals surface area (Å²) in [7, 11) is 0. The van der Waals surface area contributed by atoms with E-state index in [9.17, 15) is 5.11 Å². The second-order valence-corrected chi connectivity index (χ2v) is 5.26. The van der Waals surface area contributed by atoms with Crippen molar-refractivity contribution in [1.29, 1.82) is 0 Å². The highest BCUT2D eigenvalue weighted by molar-refractivity contribution is 5.11. The van der Waals surface area contributed by atoms with Crippen molar-refractivity contribution in [3.05, 3.63) is 23.3 Å². The van der Waals surface area contributed by atoms with E-state index in [0.717, 1.165) is 25.7 Å². The van der Waals surface area contributed by atoms with Crippen molar-refractivity contribution in [2.45, 2.75) is 59.0 Å². The van der Waals surface area contributed by atoms with Gasteiger partial charge in [-0.1, -0.05) is 30.2 Å². The molecule has 1 nitrogen and oxygen atoms in total. The second kappa shape index (κ2) is 4.98. The Bertz CT molecular complexity index is 271. The average molecular weight is 208 g/mol. The van der Waals surface area contributed by atoms with Crippen LogP contribution < -0.4 is 0 Å². The number of hydrogen-bond donors (Lipinski definition) is 1. The largest absolute Gasteiger partial charge is 0.386 e. The number of hydrogen-bond acceptors (Lipinski definition) is 1. The molecular formula is C14H24O. The molecule has 1 aliphatic rings. The van der Waals surface area contributed by atoms with E-state index in [4.69, 9.17) is 0 Å². The maximum absolute atomic E-state index is 10.3. The normalized spacial score (nSPS) is 30.3. The number of aliphatic hydroxyl groups is 1. The first-order valence-electron chi connectivity index (χ1n) is 5.98. The van der Waals surface area contributed by atoms with Crippen LogP contribution in [-0.4, -0.2) is 10.7 Å². The van der Waals surface area contributed by atoms with Crippen LogP contribution in [0.2, 0.25) is 0 Å². The van der Waals surface area contributed by atoms with Crippen molar-refractivity contribution in [3.63, 3.8) is 0 Å². The van der Waals surface area contributed by atoms with Crippen LogP contribution in [-0.2, 0) is 0 Å². The minimum atomic E-state index is -0.538. The molecule has 0 radical (unpaired) electrons. The van der Waals surface area contributed by atoms with Crippen LogP contribution in [0.3, 0.4) is 0 Å². The summed E-state index contributed by atoms with van der Waals surface area (Å²) in [6.45, 7) is 8.64. The van der Waals surface area contributed by atoms with Crippen LogP contribution >= 0.6 is 0 Å². The van der Waals surface area contributed by atoms with Gasteiger partial charge in [0.05, 0.1) is 5.60 Å². The molecule has 15 heavy (non-hydrogen) atoms. The molecule has 0 spiro atoms. The Balaban J connectivity index is 2.52. The van der Waals surface area contributed by atoms with Crippen molar-refractivity contribution >= 4 is 0 Å². The smallest absolute Gasteiger partial charge is 0.0831 e. The van der Waals surface area contributed by atoms with E-state index in [2.05, 4.69) is 33.8 Å². The standard InChI is InChI=1S/C14H24O/c1-11(2)13(4)7-10-14(15)8-5-12(3)6-9-14/h5,8,12,15H,6-7,9-10H2,1-4H3. The number of allylic oxidation sites excluding steroid dienone is 3. The molecule has 0 saturated heterocycles. The Morgan fingerprint density at radius 2 is 2.07 bits per heavy atom. The van der Waals surface area contributed by atoms with Crippen LogP contribution in [0.15, 0.2) is 23.3 Å². The van der Waals surface area contributed by atoms with Crippen molar-refractivity contribution in [2.24, 2.45) is 5.92 Å². The summed E-state index contributed by atoms with van der Waals surface area (Å²) < 4.78 is 0. The molecule has 1 heteroatoms. The summed E-state index contributed by atoms with van der Waals surface area (Å²) in [4.78, 5) is 0. The summed E-state index contributed by atoms with van der Waals surface area (Å²) in [6.07, 6.45) is 8.08. The van der Waals surface area contributed by atoms with Gasteiger partial charge in [-0.05, 0) is 52.4 Å². The zero-order chi connectivity index (χ0) is 11.5. The average Bonchev–Trinajstić information content (AvgIpc) is 2.19. The first-order valence-corrected chi connectivity index (χ1v) is 5.98. The highest BCUT2D eigenvalue weighted by atomic mass is 16.3. The fraction of sp³-hybridized carbons (Fsp3) is 0.714. The van der Waals surface area contributed by atoms with Gasteiger partial charge in [0.2, 0.25) is 0 Å². The molecule has 0 aromatic rings. The van der Waals surface area contributed by atoms with E-state index >= 15 is 0 Å². The zero-order valence-electron chi connectivity index (χ0n) is 10.5. The Morgan fingerprint density at radius 3 is 2.53 bits per heavy atom. The lowest BCUT2D eigenvalue weighted by Gasteiger charge is -2.30. The van der Waals surface area contributed by atoms with Crippen molar-refractivity contribution < 1.29 is 5.11 Å². The summed E-state index contributed by atoms with van der Waals surface area (Å²) in [5.41, 5.74) is 2.26. The molecule has 86 valence electrons. The fourth-order valence-electron chi connectivity index (χ4n) is 1.86. The van der Waals surface area contributed by atoms with Crippen molar-refractivity contribution in [3.8, 4) is 0 Å². The predicted octanol–water partition coefficient (Wildman–Crippen LogP) is 3.84.